The molecule has 2 N–H and O–H groups in total. The van der Waals surface area contributed by atoms with Gasteiger partial charge in [-0.05, 0) is 99.9 Å². The predicted octanol–water partition coefficient (Wildman–Crippen LogP) is 7.96. The van der Waals surface area contributed by atoms with E-state index in [9.17, 15) is 18.3 Å². The Morgan fingerprint density at radius 3 is 2.63 bits per heavy atom. The number of hydrogen-bond acceptors (Lipinski definition) is 6. The quantitative estimate of drug-likeness (QED) is 0.309. The molecule has 1 atom stereocenters. The number of alkyl halides is 3. The maximum atomic E-state index is 12.7. The van der Waals surface area contributed by atoms with Gasteiger partial charge in [0.1, 0.15) is 5.75 Å². The van der Waals surface area contributed by atoms with Gasteiger partial charge >= 0.3 is 6.18 Å². The number of rotatable bonds is 5. The highest BCUT2D eigenvalue weighted by atomic mass is 32.2. The van der Waals surface area contributed by atoms with Gasteiger partial charge in [-0.3, -0.25) is 0 Å². The van der Waals surface area contributed by atoms with Crippen LogP contribution in [-0.4, -0.2) is 30.1 Å². The van der Waals surface area contributed by atoms with Crippen molar-refractivity contribution >= 4 is 34.5 Å². The van der Waals surface area contributed by atoms with Crippen LogP contribution < -0.4 is 4.72 Å². The van der Waals surface area contributed by atoms with Crippen molar-refractivity contribution in [1.82, 2.24) is 4.90 Å². The number of halogens is 3. The van der Waals surface area contributed by atoms with Gasteiger partial charge in [-0.1, -0.05) is 18.2 Å². The fourth-order valence-electron chi connectivity index (χ4n) is 3.89. The van der Waals surface area contributed by atoms with E-state index in [1.165, 1.54) is 49.5 Å². The summed E-state index contributed by atoms with van der Waals surface area (Å²) in [6.45, 7) is 2.64. The van der Waals surface area contributed by atoms with Crippen LogP contribution >= 0.6 is 23.3 Å². The zero-order valence-corrected chi connectivity index (χ0v) is 21.3. The number of benzene rings is 1. The third-order valence-electron chi connectivity index (χ3n) is 5.83. The molecule has 0 amide bonds. The first-order valence-corrected chi connectivity index (χ1v) is 13.2. The van der Waals surface area contributed by atoms with Crippen LogP contribution in [0.3, 0.4) is 0 Å². The van der Waals surface area contributed by atoms with Gasteiger partial charge in [0.2, 0.25) is 0 Å². The highest BCUT2D eigenvalue weighted by molar-refractivity contribution is 8.02. The highest BCUT2D eigenvalue weighted by Gasteiger charge is 2.33. The first-order valence-electron chi connectivity index (χ1n) is 11.6. The number of thiophene rings is 1. The van der Waals surface area contributed by atoms with Gasteiger partial charge in [0.05, 0.1) is 15.8 Å². The van der Waals surface area contributed by atoms with Gasteiger partial charge in [-0.2, -0.15) is 18.4 Å². The zero-order chi connectivity index (χ0) is 25.3. The van der Waals surface area contributed by atoms with E-state index in [2.05, 4.69) is 41.0 Å². The Morgan fingerprint density at radius 1 is 1.23 bits per heavy atom. The first-order chi connectivity index (χ1) is 16.8. The minimum atomic E-state index is -4.58. The number of phenols is 1. The number of anilines is 1. The lowest BCUT2D eigenvalue weighted by atomic mass is 9.94. The molecule has 4 rings (SSSR count). The molecule has 1 saturated heterocycles. The Hall–Kier alpha value is -2.41. The minimum Gasteiger partial charge on any atom is -0.507 e. The number of allylic oxidation sites excluding steroid dienone is 4. The average Bonchev–Trinajstić information content (AvgIpc) is 3.45. The standard InChI is InChI=1S/C21H19F3N2OS2.C5H11N/c22-21(23,24)17-8-7-16(13-18(17)27)26-29-20-10-9-19(28-20)15-5-1-3-14(11-12-25)4-2-6-15;1-6-4-2-3-5-6/h1,3,6-10,13-14,26-27H,2,4-5,11H2;2-5H2,1H3/b3-1-,15-6+;. The zero-order valence-electron chi connectivity index (χ0n) is 19.6. The molecule has 0 bridgehead atoms. The molecule has 0 spiro atoms. The van der Waals surface area contributed by atoms with Crippen LogP contribution in [0.4, 0.5) is 18.9 Å². The molecule has 1 aliphatic heterocycles. The first kappa shape index (κ1) is 27.2. The molecular formula is C26H30F3N3OS2. The number of phenolic OH excluding ortho intramolecular Hbond substituents is 1. The largest absolute Gasteiger partial charge is 0.507 e. The van der Waals surface area contributed by atoms with Gasteiger partial charge in [0.25, 0.3) is 0 Å². The van der Waals surface area contributed by atoms with Crippen molar-refractivity contribution < 1.29 is 18.3 Å². The lowest BCUT2D eigenvalue weighted by Gasteiger charge is -2.12. The maximum absolute atomic E-state index is 12.7. The summed E-state index contributed by atoms with van der Waals surface area (Å²) in [4.78, 5) is 3.51. The van der Waals surface area contributed by atoms with Crippen molar-refractivity contribution in [2.45, 2.75) is 48.9 Å². The number of hydrogen-bond donors (Lipinski definition) is 2. The molecular weight excluding hydrogens is 491 g/mol. The Labute approximate surface area is 213 Å². The van der Waals surface area contributed by atoms with E-state index in [1.807, 2.05) is 12.1 Å². The second-order valence-corrected chi connectivity index (χ2v) is 10.8. The molecule has 9 heteroatoms. The SMILES string of the molecule is CN1CCCC1.N#CCC1/C=C\C/C(c2ccc(SNc3ccc(C(F)(F)F)c(O)c3)s2)=C\CC1. The Bertz CT molecular complexity index is 1070. The number of aromatic hydroxyl groups is 1. The molecule has 2 aromatic rings. The fraction of sp³-hybridized carbons (Fsp3) is 0.423. The van der Waals surface area contributed by atoms with Crippen LogP contribution in [0.2, 0.25) is 0 Å². The molecule has 4 nitrogen and oxygen atoms in total. The third-order valence-corrected chi connectivity index (χ3v) is 7.96. The summed E-state index contributed by atoms with van der Waals surface area (Å²) in [5.41, 5.74) is 0.584. The molecule has 1 unspecified atom stereocenters. The van der Waals surface area contributed by atoms with Crippen LogP contribution in [0.5, 0.6) is 5.75 Å². The minimum absolute atomic E-state index is 0.316. The fourth-order valence-corrected chi connectivity index (χ4v) is 5.72. The second-order valence-electron chi connectivity index (χ2n) is 8.62. The summed E-state index contributed by atoms with van der Waals surface area (Å²) in [5, 5.41) is 18.4. The van der Waals surface area contributed by atoms with Gasteiger partial charge < -0.3 is 14.7 Å². The topological polar surface area (TPSA) is 59.3 Å². The molecule has 1 aliphatic carbocycles. The molecule has 35 heavy (non-hydrogen) atoms. The third kappa shape index (κ3) is 8.64. The van der Waals surface area contributed by atoms with E-state index in [4.69, 9.17) is 5.26 Å². The average molecular weight is 522 g/mol. The summed E-state index contributed by atoms with van der Waals surface area (Å²) in [6, 6.07) is 9.45. The van der Waals surface area contributed by atoms with Crippen molar-refractivity contribution in [2.24, 2.45) is 5.92 Å². The summed E-state index contributed by atoms with van der Waals surface area (Å²) >= 11 is 2.89. The number of nitrogens with one attached hydrogen (secondary N) is 1. The van der Waals surface area contributed by atoms with E-state index in [0.717, 1.165) is 40.5 Å². The van der Waals surface area contributed by atoms with Crippen molar-refractivity contribution in [3.05, 3.63) is 59.0 Å². The van der Waals surface area contributed by atoms with Crippen molar-refractivity contribution in [1.29, 1.82) is 5.26 Å². The Morgan fingerprint density at radius 2 is 2.00 bits per heavy atom. The number of nitrogens with zero attached hydrogens (tertiary/aromatic N) is 2. The number of likely N-dealkylation sites (tertiary alicyclic amines) is 1. The monoisotopic (exact) mass is 521 g/mol. The van der Waals surface area contributed by atoms with Gasteiger partial charge in [-0.15, -0.1) is 11.3 Å². The van der Waals surface area contributed by atoms with E-state index < -0.39 is 17.5 Å². The lowest BCUT2D eigenvalue weighted by Crippen LogP contribution is -2.10. The Balaban J connectivity index is 0.000000497. The molecule has 188 valence electrons. The smallest absolute Gasteiger partial charge is 0.419 e. The Kier molecular flexibility index (Phi) is 10.1. The van der Waals surface area contributed by atoms with Gasteiger partial charge in [0.15, 0.2) is 0 Å². The van der Waals surface area contributed by atoms with Crippen LogP contribution in [0.15, 0.2) is 52.8 Å². The summed E-state index contributed by atoms with van der Waals surface area (Å²) in [5.74, 6) is -0.479. The van der Waals surface area contributed by atoms with E-state index >= 15 is 0 Å². The molecule has 0 radical (unpaired) electrons. The molecule has 2 heterocycles. The van der Waals surface area contributed by atoms with Crippen molar-refractivity contribution in [3.8, 4) is 11.8 Å². The van der Waals surface area contributed by atoms with Crippen molar-refractivity contribution in [3.63, 3.8) is 0 Å². The molecule has 2 aliphatic rings. The van der Waals surface area contributed by atoms with E-state index in [1.54, 1.807) is 11.3 Å². The summed E-state index contributed by atoms with van der Waals surface area (Å²) in [7, 11) is 2.17. The van der Waals surface area contributed by atoms with Crippen molar-refractivity contribution in [2.75, 3.05) is 24.9 Å². The van der Waals surface area contributed by atoms with E-state index in [0.29, 0.717) is 18.0 Å². The normalized spacial score (nSPS) is 21.0. The molecule has 1 aromatic heterocycles. The van der Waals surface area contributed by atoms with Gasteiger partial charge in [0, 0.05) is 23.1 Å². The highest BCUT2D eigenvalue weighted by Crippen LogP contribution is 2.39. The number of nitriles is 1. The van der Waals surface area contributed by atoms with Crippen LogP contribution in [0.1, 0.15) is 49.0 Å². The molecule has 1 fully saturated rings. The molecule has 1 aromatic carbocycles. The molecule has 0 saturated carbocycles. The van der Waals surface area contributed by atoms with Gasteiger partial charge in [-0.25, -0.2) is 0 Å². The second kappa shape index (κ2) is 13.1. The van der Waals surface area contributed by atoms with Crippen LogP contribution in [-0.2, 0) is 6.18 Å². The maximum Gasteiger partial charge on any atom is 0.419 e. The summed E-state index contributed by atoms with van der Waals surface area (Å²) < 4.78 is 42.1. The summed E-state index contributed by atoms with van der Waals surface area (Å²) in [6.07, 6.45) is 7.95. The van der Waals surface area contributed by atoms with E-state index in [-0.39, 0.29) is 0 Å². The lowest BCUT2D eigenvalue weighted by molar-refractivity contribution is -0.138. The predicted molar refractivity (Wildman–Crippen MR) is 138 cm³/mol. The van der Waals surface area contributed by atoms with Crippen LogP contribution in [0.25, 0.3) is 5.57 Å². The van der Waals surface area contributed by atoms with Crippen LogP contribution in [0, 0.1) is 17.2 Å².